The summed E-state index contributed by atoms with van der Waals surface area (Å²) in [5.74, 6) is 0.299. The lowest BCUT2D eigenvalue weighted by molar-refractivity contribution is -0.129. The predicted molar refractivity (Wildman–Crippen MR) is 104 cm³/mol. The van der Waals surface area contributed by atoms with Crippen molar-refractivity contribution in [3.63, 3.8) is 0 Å². The zero-order valence-corrected chi connectivity index (χ0v) is 15.0. The normalized spacial score (nSPS) is 23.1. The quantitative estimate of drug-likeness (QED) is 0.806. The molecule has 1 aromatic heterocycles. The Bertz CT molecular complexity index is 759. The van der Waals surface area contributed by atoms with Crippen molar-refractivity contribution in [2.45, 2.75) is 31.3 Å². The van der Waals surface area contributed by atoms with Gasteiger partial charge in [-0.15, -0.1) is 0 Å². The maximum Gasteiger partial charge on any atom is 0.224 e. The van der Waals surface area contributed by atoms with Crippen LogP contribution >= 0.6 is 0 Å². The van der Waals surface area contributed by atoms with Crippen molar-refractivity contribution < 1.29 is 4.79 Å². The number of pyridine rings is 1. The van der Waals surface area contributed by atoms with Crippen LogP contribution in [0.3, 0.4) is 0 Å². The van der Waals surface area contributed by atoms with Crippen LogP contribution in [0.1, 0.15) is 24.1 Å². The number of nitrogens with zero attached hydrogens (tertiary/aromatic N) is 3. The average molecular weight is 347 g/mol. The highest BCUT2D eigenvalue weighted by atomic mass is 16.2. The number of benzene rings is 1. The van der Waals surface area contributed by atoms with Crippen molar-refractivity contribution in [1.29, 1.82) is 0 Å². The van der Waals surface area contributed by atoms with Crippen LogP contribution in [-0.4, -0.2) is 52.4 Å². The first kappa shape index (κ1) is 17.0. The fraction of sp³-hybridized carbons (Fsp3) is 0.364. The van der Waals surface area contributed by atoms with Crippen molar-refractivity contribution in [1.82, 2.24) is 14.8 Å². The van der Waals surface area contributed by atoms with Crippen molar-refractivity contribution in [2.24, 2.45) is 0 Å². The molecule has 0 aliphatic carbocycles. The second-order valence-corrected chi connectivity index (χ2v) is 7.09. The molecule has 4 rings (SSSR count). The third-order valence-corrected chi connectivity index (χ3v) is 5.51. The smallest absolute Gasteiger partial charge is 0.224 e. The topological polar surface area (TPSA) is 36.4 Å². The molecule has 0 N–H and O–H groups in total. The van der Waals surface area contributed by atoms with E-state index in [2.05, 4.69) is 51.2 Å². The molecule has 0 unspecified atom stereocenters. The van der Waals surface area contributed by atoms with Gasteiger partial charge in [-0.1, -0.05) is 48.6 Å². The van der Waals surface area contributed by atoms with Gasteiger partial charge < -0.3 is 4.90 Å². The molecule has 134 valence electrons. The van der Waals surface area contributed by atoms with E-state index in [1.165, 1.54) is 5.56 Å². The lowest BCUT2D eigenvalue weighted by Gasteiger charge is -2.24. The fourth-order valence-corrected chi connectivity index (χ4v) is 4.20. The molecule has 2 aliphatic heterocycles. The van der Waals surface area contributed by atoms with Gasteiger partial charge >= 0.3 is 0 Å². The zero-order chi connectivity index (χ0) is 17.8. The number of carbonyl (C=O) groups excluding carboxylic acids is 1. The van der Waals surface area contributed by atoms with Crippen LogP contribution in [0.4, 0.5) is 0 Å². The van der Waals surface area contributed by atoms with Crippen LogP contribution in [-0.2, 0) is 11.2 Å². The summed E-state index contributed by atoms with van der Waals surface area (Å²) in [4.78, 5) is 21.4. The van der Waals surface area contributed by atoms with Crippen molar-refractivity contribution in [3.05, 3.63) is 72.1 Å². The molecular weight excluding hydrogens is 322 g/mol. The maximum atomic E-state index is 12.5. The monoisotopic (exact) mass is 347 g/mol. The highest BCUT2D eigenvalue weighted by Gasteiger charge is 2.45. The van der Waals surface area contributed by atoms with E-state index >= 15 is 0 Å². The highest BCUT2D eigenvalue weighted by Crippen LogP contribution is 2.32. The molecule has 2 saturated heterocycles. The van der Waals surface area contributed by atoms with Gasteiger partial charge in [-0.05, 0) is 24.1 Å². The Morgan fingerprint density at radius 2 is 1.92 bits per heavy atom. The maximum absolute atomic E-state index is 12.5. The molecule has 4 nitrogen and oxygen atoms in total. The zero-order valence-electron chi connectivity index (χ0n) is 15.0. The van der Waals surface area contributed by atoms with E-state index < -0.39 is 0 Å². The van der Waals surface area contributed by atoms with E-state index in [0.717, 1.165) is 38.2 Å². The SMILES string of the molecule is O=C1C[C@H]2[C@H](CCN2CC=Cc2ccccc2)N1CCc1ccccn1. The summed E-state index contributed by atoms with van der Waals surface area (Å²) < 4.78 is 0. The number of aromatic nitrogens is 1. The predicted octanol–water partition coefficient (Wildman–Crippen LogP) is 3.01. The number of rotatable bonds is 6. The van der Waals surface area contributed by atoms with Gasteiger partial charge in [-0.2, -0.15) is 0 Å². The number of carbonyl (C=O) groups is 1. The summed E-state index contributed by atoms with van der Waals surface area (Å²) in [6.07, 6.45) is 8.79. The number of amides is 1. The standard InChI is InChI=1S/C22H25N3O/c26-22-17-21-20(25(22)16-11-19-10-4-5-13-23-19)12-15-24(21)14-6-9-18-7-2-1-3-8-18/h1-10,13,20-21H,11-12,14-17H2/t20-,21-/m0/s1. The van der Waals surface area contributed by atoms with Crippen molar-refractivity contribution in [2.75, 3.05) is 19.6 Å². The van der Waals surface area contributed by atoms with Crippen LogP contribution in [0.5, 0.6) is 0 Å². The van der Waals surface area contributed by atoms with Crippen LogP contribution in [0.15, 0.2) is 60.8 Å². The molecule has 2 aliphatic rings. The molecule has 1 aromatic carbocycles. The minimum absolute atomic E-state index is 0.299. The summed E-state index contributed by atoms with van der Waals surface area (Å²) in [5.41, 5.74) is 2.28. The molecule has 0 bridgehead atoms. The third kappa shape index (κ3) is 3.70. The molecule has 2 fully saturated rings. The summed E-state index contributed by atoms with van der Waals surface area (Å²) >= 11 is 0. The minimum Gasteiger partial charge on any atom is -0.338 e. The van der Waals surface area contributed by atoms with Gasteiger partial charge in [0.05, 0.1) is 0 Å². The van der Waals surface area contributed by atoms with Crippen molar-refractivity contribution in [3.8, 4) is 0 Å². The summed E-state index contributed by atoms with van der Waals surface area (Å²) in [7, 11) is 0. The molecule has 0 radical (unpaired) electrons. The first-order valence-corrected chi connectivity index (χ1v) is 9.46. The van der Waals surface area contributed by atoms with Crippen LogP contribution in [0, 0.1) is 0 Å². The van der Waals surface area contributed by atoms with E-state index in [1.807, 2.05) is 30.5 Å². The van der Waals surface area contributed by atoms with Gasteiger partial charge in [0, 0.05) is 56.5 Å². The van der Waals surface area contributed by atoms with Crippen LogP contribution in [0.25, 0.3) is 6.08 Å². The van der Waals surface area contributed by atoms with Gasteiger partial charge in [0.1, 0.15) is 0 Å². The second kappa shape index (κ2) is 7.83. The fourth-order valence-electron chi connectivity index (χ4n) is 4.20. The average Bonchev–Trinajstić information content (AvgIpc) is 3.20. The van der Waals surface area contributed by atoms with Crippen LogP contribution < -0.4 is 0 Å². The number of likely N-dealkylation sites (tertiary alicyclic amines) is 2. The Morgan fingerprint density at radius 3 is 2.73 bits per heavy atom. The Balaban J connectivity index is 1.34. The molecule has 0 spiro atoms. The Morgan fingerprint density at radius 1 is 1.08 bits per heavy atom. The second-order valence-electron chi connectivity index (χ2n) is 7.09. The number of fused-ring (bicyclic) bond motifs is 1. The molecule has 1 amide bonds. The molecule has 2 atom stereocenters. The van der Waals surface area contributed by atoms with E-state index in [1.54, 1.807) is 0 Å². The van der Waals surface area contributed by atoms with Gasteiger partial charge in [0.15, 0.2) is 0 Å². The van der Waals surface area contributed by atoms with Crippen molar-refractivity contribution >= 4 is 12.0 Å². The van der Waals surface area contributed by atoms with Gasteiger partial charge in [0.25, 0.3) is 0 Å². The Labute approximate surface area is 155 Å². The van der Waals surface area contributed by atoms with E-state index in [0.29, 0.717) is 24.4 Å². The molecule has 2 aromatic rings. The molecule has 0 saturated carbocycles. The Hall–Kier alpha value is -2.46. The van der Waals surface area contributed by atoms with Gasteiger partial charge in [-0.3, -0.25) is 14.7 Å². The molecule has 3 heterocycles. The van der Waals surface area contributed by atoms with Crippen LogP contribution in [0.2, 0.25) is 0 Å². The third-order valence-electron chi connectivity index (χ3n) is 5.51. The first-order valence-electron chi connectivity index (χ1n) is 9.46. The summed E-state index contributed by atoms with van der Waals surface area (Å²) in [6.45, 7) is 2.77. The molecular formula is C22H25N3O. The van der Waals surface area contributed by atoms with E-state index in [9.17, 15) is 4.79 Å². The van der Waals surface area contributed by atoms with E-state index in [-0.39, 0.29) is 0 Å². The summed E-state index contributed by atoms with van der Waals surface area (Å²) in [5, 5.41) is 0. The lowest BCUT2D eigenvalue weighted by Crippen LogP contribution is -2.38. The van der Waals surface area contributed by atoms with E-state index in [4.69, 9.17) is 0 Å². The number of hydrogen-bond acceptors (Lipinski definition) is 3. The summed E-state index contributed by atoms with van der Waals surface area (Å²) in [6, 6.07) is 17.1. The Kier molecular flexibility index (Phi) is 5.12. The van der Waals surface area contributed by atoms with Gasteiger partial charge in [0.2, 0.25) is 5.91 Å². The first-order chi connectivity index (χ1) is 12.8. The number of hydrogen-bond donors (Lipinski definition) is 0. The van der Waals surface area contributed by atoms with Gasteiger partial charge in [-0.25, -0.2) is 0 Å². The molecule has 4 heteroatoms. The highest BCUT2D eigenvalue weighted by molar-refractivity contribution is 5.80. The lowest BCUT2D eigenvalue weighted by atomic mass is 10.1. The minimum atomic E-state index is 0.299. The molecule has 26 heavy (non-hydrogen) atoms. The largest absolute Gasteiger partial charge is 0.338 e.